The number of aromatic nitrogens is 2. The normalized spacial score (nSPS) is 10.4. The maximum atomic E-state index is 12.0. The number of carbonyl (C=O) groups is 1. The Hall–Kier alpha value is -2.93. The lowest BCUT2D eigenvalue weighted by atomic mass is 10.1. The summed E-state index contributed by atoms with van der Waals surface area (Å²) in [5, 5.41) is 12.1. The summed E-state index contributed by atoms with van der Waals surface area (Å²) in [6, 6.07) is 15.3. The summed E-state index contributed by atoms with van der Waals surface area (Å²) in [6.07, 6.45) is 0.650. The van der Waals surface area contributed by atoms with E-state index in [4.69, 9.17) is 9.47 Å². The highest BCUT2D eigenvalue weighted by molar-refractivity contribution is 7.15. The van der Waals surface area contributed by atoms with Crippen LogP contribution in [0.5, 0.6) is 11.5 Å². The number of ether oxygens (including phenoxy) is 2. The van der Waals surface area contributed by atoms with Gasteiger partial charge in [-0.05, 0) is 42.3 Å². The van der Waals surface area contributed by atoms with Gasteiger partial charge in [0.1, 0.15) is 16.5 Å². The Morgan fingerprint density at radius 1 is 1.12 bits per heavy atom. The third-order valence-corrected chi connectivity index (χ3v) is 4.43. The highest BCUT2D eigenvalue weighted by atomic mass is 32.1. The lowest BCUT2D eigenvalue weighted by molar-refractivity contribution is -0.118. The minimum absolute atomic E-state index is 0.0726. The van der Waals surface area contributed by atoms with Gasteiger partial charge in [0, 0.05) is 6.42 Å². The van der Waals surface area contributed by atoms with Gasteiger partial charge < -0.3 is 9.47 Å². The van der Waals surface area contributed by atoms with Crippen LogP contribution < -0.4 is 14.8 Å². The van der Waals surface area contributed by atoms with Gasteiger partial charge in [-0.3, -0.25) is 10.1 Å². The van der Waals surface area contributed by atoms with Gasteiger partial charge in [0.05, 0.1) is 7.11 Å². The van der Waals surface area contributed by atoms with Gasteiger partial charge in [0.15, 0.2) is 6.61 Å². The molecule has 3 rings (SSSR count). The standard InChI is InChI=1S/C19H19N3O3S/c1-13-4-3-5-16(10-13)25-12-17(23)20-19-22-21-18(26-19)11-14-6-8-15(24-2)9-7-14/h3-10H,11-12H2,1-2H3,(H,20,22,23). The van der Waals surface area contributed by atoms with E-state index in [2.05, 4.69) is 15.5 Å². The molecule has 0 aliphatic rings. The molecule has 0 spiro atoms. The first-order valence-corrected chi connectivity index (χ1v) is 8.88. The quantitative estimate of drug-likeness (QED) is 0.690. The Morgan fingerprint density at radius 3 is 2.65 bits per heavy atom. The van der Waals surface area contributed by atoms with Crippen molar-refractivity contribution < 1.29 is 14.3 Å². The summed E-state index contributed by atoms with van der Waals surface area (Å²) < 4.78 is 10.6. The van der Waals surface area contributed by atoms with Crippen molar-refractivity contribution in [1.82, 2.24) is 10.2 Å². The van der Waals surface area contributed by atoms with E-state index in [1.165, 1.54) is 11.3 Å². The van der Waals surface area contributed by atoms with Crippen molar-refractivity contribution >= 4 is 22.4 Å². The lowest BCUT2D eigenvalue weighted by Crippen LogP contribution is -2.20. The average molecular weight is 369 g/mol. The molecule has 3 aromatic rings. The fourth-order valence-electron chi connectivity index (χ4n) is 2.30. The van der Waals surface area contributed by atoms with Gasteiger partial charge in [0.25, 0.3) is 5.91 Å². The van der Waals surface area contributed by atoms with Gasteiger partial charge in [-0.2, -0.15) is 0 Å². The summed E-state index contributed by atoms with van der Waals surface area (Å²) in [4.78, 5) is 12.0. The first-order valence-electron chi connectivity index (χ1n) is 8.07. The summed E-state index contributed by atoms with van der Waals surface area (Å²) in [6.45, 7) is 1.90. The Bertz CT molecular complexity index is 878. The monoisotopic (exact) mass is 369 g/mol. The molecule has 0 saturated heterocycles. The second kappa shape index (κ2) is 8.44. The molecule has 0 fully saturated rings. The number of hydrogen-bond donors (Lipinski definition) is 1. The molecule has 26 heavy (non-hydrogen) atoms. The number of carbonyl (C=O) groups excluding carboxylic acids is 1. The van der Waals surface area contributed by atoms with E-state index >= 15 is 0 Å². The van der Waals surface area contributed by atoms with Crippen LogP contribution in [0.3, 0.4) is 0 Å². The van der Waals surface area contributed by atoms with Crippen molar-refractivity contribution in [2.75, 3.05) is 19.0 Å². The molecule has 134 valence electrons. The lowest BCUT2D eigenvalue weighted by Gasteiger charge is -2.06. The molecule has 1 heterocycles. The molecule has 0 radical (unpaired) electrons. The second-order valence-corrected chi connectivity index (χ2v) is 6.74. The van der Waals surface area contributed by atoms with Gasteiger partial charge in [-0.25, -0.2) is 0 Å². The predicted octanol–water partition coefficient (Wildman–Crippen LogP) is 3.46. The van der Waals surface area contributed by atoms with Crippen molar-refractivity contribution in [1.29, 1.82) is 0 Å². The van der Waals surface area contributed by atoms with Crippen molar-refractivity contribution in [3.05, 3.63) is 64.7 Å². The third kappa shape index (κ3) is 5.03. The van der Waals surface area contributed by atoms with Crippen LogP contribution >= 0.6 is 11.3 Å². The zero-order valence-electron chi connectivity index (χ0n) is 14.6. The van der Waals surface area contributed by atoms with Crippen LogP contribution in [0.25, 0.3) is 0 Å². The Labute approximate surface area is 155 Å². The number of nitrogens with zero attached hydrogens (tertiary/aromatic N) is 2. The molecule has 6 nitrogen and oxygen atoms in total. The molecule has 0 aliphatic heterocycles. The third-order valence-electron chi connectivity index (χ3n) is 3.59. The number of rotatable bonds is 7. The molecule has 1 aromatic heterocycles. The fourth-order valence-corrected chi connectivity index (χ4v) is 3.09. The van der Waals surface area contributed by atoms with E-state index in [1.54, 1.807) is 7.11 Å². The van der Waals surface area contributed by atoms with Crippen LogP contribution in [0.4, 0.5) is 5.13 Å². The fraction of sp³-hybridized carbons (Fsp3) is 0.211. The van der Waals surface area contributed by atoms with Crippen LogP contribution in [0.2, 0.25) is 0 Å². The molecular weight excluding hydrogens is 350 g/mol. The van der Waals surface area contributed by atoms with Crippen LogP contribution in [-0.4, -0.2) is 29.8 Å². The minimum Gasteiger partial charge on any atom is -0.497 e. The number of hydrogen-bond acceptors (Lipinski definition) is 6. The molecule has 0 saturated carbocycles. The summed E-state index contributed by atoms with van der Waals surface area (Å²) in [7, 11) is 1.64. The molecule has 0 bridgehead atoms. The van der Waals surface area contributed by atoms with Gasteiger partial charge in [0.2, 0.25) is 5.13 Å². The number of anilines is 1. The molecule has 1 N–H and O–H groups in total. The first-order chi connectivity index (χ1) is 12.6. The number of nitrogens with one attached hydrogen (secondary N) is 1. The molecule has 7 heteroatoms. The molecule has 0 aliphatic carbocycles. The molecule has 2 aromatic carbocycles. The van der Waals surface area contributed by atoms with E-state index in [0.29, 0.717) is 17.3 Å². The smallest absolute Gasteiger partial charge is 0.264 e. The van der Waals surface area contributed by atoms with Gasteiger partial charge >= 0.3 is 0 Å². The van der Waals surface area contributed by atoms with Gasteiger partial charge in [-0.1, -0.05) is 35.6 Å². The second-order valence-electron chi connectivity index (χ2n) is 5.68. The Balaban J connectivity index is 1.51. The zero-order chi connectivity index (χ0) is 18.4. The van der Waals surface area contributed by atoms with Crippen LogP contribution in [0, 0.1) is 6.92 Å². The zero-order valence-corrected chi connectivity index (χ0v) is 15.4. The van der Waals surface area contributed by atoms with E-state index in [1.807, 2.05) is 55.5 Å². The number of amides is 1. The largest absolute Gasteiger partial charge is 0.497 e. The van der Waals surface area contributed by atoms with Crippen molar-refractivity contribution in [2.45, 2.75) is 13.3 Å². The summed E-state index contributed by atoms with van der Waals surface area (Å²) in [5.74, 6) is 1.21. The maximum Gasteiger partial charge on any atom is 0.264 e. The van der Waals surface area contributed by atoms with E-state index in [9.17, 15) is 4.79 Å². The summed E-state index contributed by atoms with van der Waals surface area (Å²) in [5.41, 5.74) is 2.18. The highest BCUT2D eigenvalue weighted by Crippen LogP contribution is 2.20. The Kier molecular flexibility index (Phi) is 5.80. The predicted molar refractivity (Wildman–Crippen MR) is 101 cm³/mol. The number of benzene rings is 2. The van der Waals surface area contributed by atoms with Gasteiger partial charge in [-0.15, -0.1) is 10.2 Å². The maximum absolute atomic E-state index is 12.0. The van der Waals surface area contributed by atoms with E-state index < -0.39 is 0 Å². The van der Waals surface area contributed by atoms with Crippen molar-refractivity contribution in [3.63, 3.8) is 0 Å². The summed E-state index contributed by atoms with van der Waals surface area (Å²) >= 11 is 1.35. The van der Waals surface area contributed by atoms with E-state index in [-0.39, 0.29) is 12.5 Å². The average Bonchev–Trinajstić information content (AvgIpc) is 3.07. The van der Waals surface area contributed by atoms with Crippen molar-refractivity contribution in [2.24, 2.45) is 0 Å². The topological polar surface area (TPSA) is 73.3 Å². The minimum atomic E-state index is -0.265. The number of methoxy groups -OCH3 is 1. The molecular formula is C19H19N3O3S. The Morgan fingerprint density at radius 2 is 1.92 bits per heavy atom. The number of aryl methyl sites for hydroxylation is 1. The van der Waals surface area contributed by atoms with Crippen LogP contribution in [-0.2, 0) is 11.2 Å². The molecule has 0 unspecified atom stereocenters. The SMILES string of the molecule is COc1ccc(Cc2nnc(NC(=O)COc3cccc(C)c3)s2)cc1. The van der Waals surface area contributed by atoms with Crippen LogP contribution in [0.1, 0.15) is 16.1 Å². The van der Waals surface area contributed by atoms with Crippen LogP contribution in [0.15, 0.2) is 48.5 Å². The first kappa shape index (κ1) is 17.9. The highest BCUT2D eigenvalue weighted by Gasteiger charge is 2.10. The molecule has 0 atom stereocenters. The molecule has 1 amide bonds. The van der Waals surface area contributed by atoms with Crippen molar-refractivity contribution in [3.8, 4) is 11.5 Å². The van der Waals surface area contributed by atoms with E-state index in [0.717, 1.165) is 21.9 Å².